The van der Waals surface area contributed by atoms with Crippen LogP contribution in [0.4, 0.5) is 4.79 Å². The summed E-state index contributed by atoms with van der Waals surface area (Å²) in [6.07, 6.45) is 2.32. The van der Waals surface area contributed by atoms with Crippen LogP contribution in [0.5, 0.6) is 0 Å². The van der Waals surface area contributed by atoms with Gasteiger partial charge in [-0.3, -0.25) is 0 Å². The Hall–Kier alpha value is -1.26. The van der Waals surface area contributed by atoms with Gasteiger partial charge in [0.15, 0.2) is 0 Å². The second kappa shape index (κ2) is 4.11. The van der Waals surface area contributed by atoms with E-state index in [1.165, 1.54) is 11.9 Å². The molecule has 0 bridgehead atoms. The topological polar surface area (TPSA) is 69.6 Å². The average Bonchev–Trinajstić information content (AvgIpc) is 2.16. The van der Waals surface area contributed by atoms with Crippen molar-refractivity contribution in [3.05, 3.63) is 0 Å². The van der Waals surface area contributed by atoms with E-state index in [1.807, 2.05) is 0 Å². The van der Waals surface area contributed by atoms with Gasteiger partial charge in [-0.05, 0) is 19.3 Å². The molecule has 1 saturated heterocycles. The number of hydrogen-bond acceptors (Lipinski definition) is 2. The summed E-state index contributed by atoms with van der Waals surface area (Å²) >= 11 is 0. The van der Waals surface area contributed by atoms with Crippen molar-refractivity contribution >= 4 is 12.0 Å². The van der Waals surface area contributed by atoms with Crippen molar-refractivity contribution in [2.45, 2.75) is 25.3 Å². The van der Waals surface area contributed by atoms with Gasteiger partial charge in [-0.2, -0.15) is 0 Å². The fourth-order valence-electron chi connectivity index (χ4n) is 1.57. The van der Waals surface area contributed by atoms with E-state index in [2.05, 4.69) is 5.32 Å². The largest absolute Gasteiger partial charge is 0.480 e. The molecule has 1 aliphatic heterocycles. The van der Waals surface area contributed by atoms with Crippen molar-refractivity contribution in [1.82, 2.24) is 10.2 Å². The van der Waals surface area contributed by atoms with Crippen LogP contribution in [-0.4, -0.2) is 41.6 Å². The van der Waals surface area contributed by atoms with E-state index in [1.54, 1.807) is 0 Å². The number of nitrogens with zero attached hydrogens (tertiary/aromatic N) is 1. The van der Waals surface area contributed by atoms with E-state index in [0.29, 0.717) is 13.0 Å². The zero-order chi connectivity index (χ0) is 9.84. The molecule has 2 N–H and O–H groups in total. The molecule has 0 aromatic rings. The number of carbonyl (C=O) groups is 2. The highest BCUT2D eigenvalue weighted by Crippen LogP contribution is 2.16. The SMILES string of the molecule is CNC(=O)N1CCCC[C@H]1C(=O)O. The molecule has 0 aromatic heterocycles. The summed E-state index contributed by atoms with van der Waals surface area (Å²) in [5.41, 5.74) is 0. The lowest BCUT2D eigenvalue weighted by Gasteiger charge is -2.32. The molecule has 0 aliphatic carbocycles. The summed E-state index contributed by atoms with van der Waals surface area (Å²) in [4.78, 5) is 23.4. The number of nitrogens with one attached hydrogen (secondary N) is 1. The van der Waals surface area contributed by atoms with Gasteiger partial charge in [0, 0.05) is 13.6 Å². The number of rotatable bonds is 1. The van der Waals surface area contributed by atoms with Crippen LogP contribution in [0.2, 0.25) is 0 Å². The highest BCUT2D eigenvalue weighted by Gasteiger charge is 2.31. The Morgan fingerprint density at radius 3 is 2.69 bits per heavy atom. The van der Waals surface area contributed by atoms with E-state index in [9.17, 15) is 9.59 Å². The molecule has 0 aromatic carbocycles. The number of urea groups is 1. The van der Waals surface area contributed by atoms with Gasteiger partial charge in [0.25, 0.3) is 0 Å². The number of hydrogen-bond donors (Lipinski definition) is 2. The van der Waals surface area contributed by atoms with Gasteiger partial charge in [0.1, 0.15) is 6.04 Å². The lowest BCUT2D eigenvalue weighted by atomic mass is 10.0. The molecule has 74 valence electrons. The van der Waals surface area contributed by atoms with Gasteiger partial charge in [-0.15, -0.1) is 0 Å². The number of carbonyl (C=O) groups excluding carboxylic acids is 1. The molecular formula is C8H14N2O3. The second-order valence-corrected chi connectivity index (χ2v) is 3.10. The summed E-state index contributed by atoms with van der Waals surface area (Å²) in [7, 11) is 1.51. The van der Waals surface area contributed by atoms with Crippen LogP contribution in [0.3, 0.4) is 0 Å². The van der Waals surface area contributed by atoms with Crippen molar-refractivity contribution in [3.8, 4) is 0 Å². The minimum Gasteiger partial charge on any atom is -0.480 e. The Labute approximate surface area is 76.7 Å². The molecule has 1 rings (SSSR count). The van der Waals surface area contributed by atoms with Gasteiger partial charge in [-0.1, -0.05) is 0 Å². The first-order valence-corrected chi connectivity index (χ1v) is 4.38. The Kier molecular flexibility index (Phi) is 3.11. The first-order chi connectivity index (χ1) is 6.16. The molecule has 2 amide bonds. The normalized spacial score (nSPS) is 22.5. The molecular weight excluding hydrogens is 172 g/mol. The van der Waals surface area contributed by atoms with Crippen LogP contribution < -0.4 is 5.32 Å². The fraction of sp³-hybridized carbons (Fsp3) is 0.750. The number of piperidine rings is 1. The van der Waals surface area contributed by atoms with Gasteiger partial charge >= 0.3 is 12.0 Å². The maximum absolute atomic E-state index is 11.2. The average molecular weight is 186 g/mol. The minimum absolute atomic E-state index is 0.299. The van der Waals surface area contributed by atoms with Crippen LogP contribution in [0.1, 0.15) is 19.3 Å². The molecule has 1 atom stereocenters. The molecule has 0 saturated carbocycles. The van der Waals surface area contributed by atoms with Crippen molar-refractivity contribution in [3.63, 3.8) is 0 Å². The molecule has 5 nitrogen and oxygen atoms in total. The molecule has 1 aliphatic rings. The summed E-state index contributed by atoms with van der Waals surface area (Å²) in [6, 6.07) is -0.944. The Morgan fingerprint density at radius 2 is 2.15 bits per heavy atom. The number of aliphatic carboxylic acids is 1. The van der Waals surface area contributed by atoms with E-state index in [0.717, 1.165) is 12.8 Å². The first-order valence-electron chi connectivity index (χ1n) is 4.38. The smallest absolute Gasteiger partial charge is 0.326 e. The number of carboxylic acids is 1. The third-order valence-corrected chi connectivity index (χ3v) is 2.26. The minimum atomic E-state index is -0.914. The Morgan fingerprint density at radius 1 is 1.46 bits per heavy atom. The van der Waals surface area contributed by atoms with Crippen LogP contribution in [-0.2, 0) is 4.79 Å². The maximum Gasteiger partial charge on any atom is 0.326 e. The third-order valence-electron chi connectivity index (χ3n) is 2.26. The van der Waals surface area contributed by atoms with Crippen LogP contribution >= 0.6 is 0 Å². The molecule has 1 fully saturated rings. The van der Waals surface area contributed by atoms with Crippen molar-refractivity contribution < 1.29 is 14.7 Å². The zero-order valence-corrected chi connectivity index (χ0v) is 7.62. The van der Waals surface area contributed by atoms with E-state index >= 15 is 0 Å². The van der Waals surface area contributed by atoms with Crippen molar-refractivity contribution in [2.24, 2.45) is 0 Å². The van der Waals surface area contributed by atoms with Crippen molar-refractivity contribution in [2.75, 3.05) is 13.6 Å². The monoisotopic (exact) mass is 186 g/mol. The third kappa shape index (κ3) is 2.11. The van der Waals surface area contributed by atoms with E-state index < -0.39 is 12.0 Å². The van der Waals surface area contributed by atoms with Crippen LogP contribution in [0.15, 0.2) is 0 Å². The van der Waals surface area contributed by atoms with Gasteiger partial charge < -0.3 is 15.3 Å². The van der Waals surface area contributed by atoms with Crippen LogP contribution in [0, 0.1) is 0 Å². The van der Waals surface area contributed by atoms with E-state index in [4.69, 9.17) is 5.11 Å². The van der Waals surface area contributed by atoms with Gasteiger partial charge in [-0.25, -0.2) is 9.59 Å². The first kappa shape index (κ1) is 9.83. The fourth-order valence-corrected chi connectivity index (χ4v) is 1.57. The summed E-state index contributed by atoms with van der Waals surface area (Å²) in [5, 5.41) is 11.3. The molecule has 5 heteroatoms. The highest BCUT2D eigenvalue weighted by molar-refractivity contribution is 5.82. The molecule has 0 unspecified atom stereocenters. The standard InChI is InChI=1S/C8H14N2O3/c1-9-8(13)10-5-3-2-4-6(10)7(11)12/h6H,2-5H2,1H3,(H,9,13)(H,11,12)/t6-/m0/s1. The number of likely N-dealkylation sites (tertiary alicyclic amines) is 1. The Balaban J connectivity index is 2.67. The lowest BCUT2D eigenvalue weighted by molar-refractivity contribution is -0.143. The summed E-state index contributed by atoms with van der Waals surface area (Å²) in [6.45, 7) is 0.538. The van der Waals surface area contributed by atoms with Gasteiger partial charge in [0.2, 0.25) is 0 Å². The van der Waals surface area contributed by atoms with Crippen molar-refractivity contribution in [1.29, 1.82) is 0 Å². The quantitative estimate of drug-likeness (QED) is 0.617. The zero-order valence-electron chi connectivity index (χ0n) is 7.62. The highest BCUT2D eigenvalue weighted by atomic mass is 16.4. The Bertz CT molecular complexity index is 217. The molecule has 13 heavy (non-hydrogen) atoms. The maximum atomic E-state index is 11.2. The van der Waals surface area contributed by atoms with E-state index in [-0.39, 0.29) is 6.03 Å². The van der Waals surface area contributed by atoms with Crippen LogP contribution in [0.25, 0.3) is 0 Å². The second-order valence-electron chi connectivity index (χ2n) is 3.10. The lowest BCUT2D eigenvalue weighted by Crippen LogP contribution is -2.51. The number of amides is 2. The molecule has 0 radical (unpaired) electrons. The predicted octanol–water partition coefficient (Wildman–Crippen LogP) is 0.265. The molecule has 1 heterocycles. The predicted molar refractivity (Wildman–Crippen MR) is 46.4 cm³/mol. The number of carboxylic acid groups (broad SMARTS) is 1. The molecule has 0 spiro atoms. The van der Waals surface area contributed by atoms with Gasteiger partial charge in [0.05, 0.1) is 0 Å². The summed E-state index contributed by atoms with van der Waals surface area (Å²) < 4.78 is 0. The summed E-state index contributed by atoms with van der Waals surface area (Å²) in [5.74, 6) is -0.914.